The van der Waals surface area contributed by atoms with Gasteiger partial charge in [0.1, 0.15) is 30.8 Å². The van der Waals surface area contributed by atoms with Crippen molar-refractivity contribution in [2.24, 2.45) is 5.73 Å². The number of amides is 6. The predicted molar refractivity (Wildman–Crippen MR) is 393 cm³/mol. The molecule has 3 rings (SSSR count). The number of H-pyrrole nitrogens is 1. The van der Waals surface area contributed by atoms with E-state index >= 15 is 0 Å². The average molecular weight is 1440 g/mol. The van der Waals surface area contributed by atoms with Gasteiger partial charge < -0.3 is 56.8 Å². The number of esters is 2. The van der Waals surface area contributed by atoms with Crippen LogP contribution in [0, 0.1) is 0 Å². The second kappa shape index (κ2) is 54.8. The molecule has 23 nitrogen and oxygen atoms in total. The van der Waals surface area contributed by atoms with Gasteiger partial charge in [0.2, 0.25) is 35.4 Å². The molecule has 0 saturated heterocycles. The number of benzene rings is 2. The van der Waals surface area contributed by atoms with Crippen molar-refractivity contribution in [2.75, 3.05) is 38.4 Å². The monoisotopic (exact) mass is 1440 g/mol. The number of carboxylic acid groups (broad SMARTS) is 1. The number of primary amides is 1. The van der Waals surface area contributed by atoms with Crippen molar-refractivity contribution < 1.29 is 76.2 Å². The van der Waals surface area contributed by atoms with Gasteiger partial charge in [-0.1, -0.05) is 189 Å². The Balaban J connectivity index is 1.53. The molecule has 0 aliphatic heterocycles. The lowest BCUT2D eigenvalue weighted by molar-refractivity contribution is -0.161. The van der Waals surface area contributed by atoms with Gasteiger partial charge in [-0.2, -0.15) is 11.8 Å². The number of aromatic nitrogens is 1. The lowest BCUT2D eigenvalue weighted by Crippen LogP contribution is -2.59. The molecule has 0 spiro atoms. The number of aromatic amines is 1. The summed E-state index contributed by atoms with van der Waals surface area (Å²) in [4.78, 5) is 132. The largest absolute Gasteiger partial charge is 0.481 e. The van der Waals surface area contributed by atoms with Crippen LogP contribution in [0.2, 0.25) is 0 Å². The molecule has 2 aromatic carbocycles. The molecule has 0 bridgehead atoms. The highest BCUT2D eigenvalue weighted by Crippen LogP contribution is 2.43. The number of carbonyl (C=O) groups excluding carboxylic acids is 8. The zero-order valence-corrected chi connectivity index (χ0v) is 61.5. The zero-order valence-electron chi connectivity index (χ0n) is 59.8. The molecule has 10 N–H and O–H groups in total. The highest BCUT2D eigenvalue weighted by atomic mass is 32.2. The van der Waals surface area contributed by atoms with E-state index in [0.29, 0.717) is 29.7 Å². The van der Waals surface area contributed by atoms with E-state index in [2.05, 4.69) is 69.7 Å². The van der Waals surface area contributed by atoms with Gasteiger partial charge >= 0.3 is 25.7 Å². The Morgan fingerprint density at radius 2 is 1.07 bits per heavy atom. The van der Waals surface area contributed by atoms with Gasteiger partial charge in [-0.15, -0.1) is 0 Å². The number of nitrogens with one attached hydrogen (secondary N) is 6. The molecule has 1 unspecified atom stereocenters. The van der Waals surface area contributed by atoms with Gasteiger partial charge in [0.05, 0.1) is 19.6 Å². The van der Waals surface area contributed by atoms with E-state index in [9.17, 15) is 57.7 Å². The first-order valence-corrected chi connectivity index (χ1v) is 39.6. The fourth-order valence-electron chi connectivity index (χ4n) is 11.1. The SMILES string of the molecule is CCCCCCCC/C=C/CCCCCCCC(=O)OC[C@H](COP(=O)(O)OCCNC(=O)CCCC(=O)N[C@@H](Cc1c[nH]c2ccccc12)C(=O)N[C@@H](CCSC)C(=O)N[C@@H](CC(=O)O)C(=O)N[C@@H](Cc1ccccc1)C(N)=O)OC(=O)CCCCCCC/C=C/CCCCCCCC. The Morgan fingerprint density at radius 1 is 0.560 bits per heavy atom. The summed E-state index contributed by atoms with van der Waals surface area (Å²) in [5.74, 6) is -6.85. The molecular weight excluding hydrogens is 1320 g/mol. The quantitative estimate of drug-likeness (QED) is 0.0110. The minimum Gasteiger partial charge on any atom is -0.481 e. The number of ether oxygens (including phenoxy) is 2. The molecule has 100 heavy (non-hydrogen) atoms. The first kappa shape index (κ1) is 87.4. The summed E-state index contributed by atoms with van der Waals surface area (Å²) in [5, 5.41) is 23.4. The number of unbranched alkanes of at least 4 members (excludes halogenated alkanes) is 22. The van der Waals surface area contributed by atoms with Crippen molar-refractivity contribution in [2.45, 2.75) is 269 Å². The summed E-state index contributed by atoms with van der Waals surface area (Å²) in [6, 6.07) is 10.4. The van der Waals surface area contributed by atoms with E-state index in [-0.39, 0.29) is 57.9 Å². The number of allylic oxidation sites excluding steroid dienone is 4. The maximum atomic E-state index is 14.3. The summed E-state index contributed by atoms with van der Waals surface area (Å²) >= 11 is 1.36. The summed E-state index contributed by atoms with van der Waals surface area (Å²) in [6.45, 7) is 2.73. The molecule has 0 saturated carbocycles. The fourth-order valence-corrected chi connectivity index (χ4v) is 12.4. The summed E-state index contributed by atoms with van der Waals surface area (Å²) in [6.07, 6.45) is 39.1. The zero-order chi connectivity index (χ0) is 72.9. The van der Waals surface area contributed by atoms with Crippen LogP contribution in [0.15, 0.2) is 85.1 Å². The van der Waals surface area contributed by atoms with Crippen molar-refractivity contribution in [3.63, 3.8) is 0 Å². The van der Waals surface area contributed by atoms with Crippen LogP contribution in [0.5, 0.6) is 0 Å². The van der Waals surface area contributed by atoms with Crippen LogP contribution >= 0.6 is 19.6 Å². The maximum absolute atomic E-state index is 14.3. The van der Waals surface area contributed by atoms with E-state index in [1.807, 2.05) is 18.2 Å². The van der Waals surface area contributed by atoms with Crippen LogP contribution < -0.4 is 32.3 Å². The lowest BCUT2D eigenvalue weighted by atomic mass is 10.0. The van der Waals surface area contributed by atoms with Crippen LogP contribution in [0.4, 0.5) is 0 Å². The van der Waals surface area contributed by atoms with Gasteiger partial charge in [-0.25, -0.2) is 4.57 Å². The standard InChI is InChI=1S/C75H118N7O16PS/c1-4-6-8-10-12-14-16-18-20-22-24-26-28-30-35-46-70(87)95-56-60(98-71(88)47-36-31-29-27-25-23-21-19-17-15-13-11-9-7-5-2)57-97-99(93,94)96-50-49-77-67(83)44-39-45-68(84)79-65(53-59-55-78-62-43-38-37-42-61(59)62)74(91)80-63(48-51-100-3)73(90)82-66(54-69(85)86)75(92)81-64(72(76)89)52-58-40-33-32-34-41-58/h18-21,32-34,37-38,40-43,55,60,63-66,78H,4-17,22-31,35-36,39,44-54,56-57H2,1-3H3,(H2,76,89)(H,77,83)(H,79,84)(H,80,91)(H,81,92)(H,82,90)(H,85,86)(H,93,94)/b20-18+,21-19+/t60-,63+,64+,65+,66+/m1/s1. The minimum absolute atomic E-state index is 0.00680. The summed E-state index contributed by atoms with van der Waals surface area (Å²) < 4.78 is 34.5. The van der Waals surface area contributed by atoms with E-state index < -0.39 is 118 Å². The molecule has 0 radical (unpaired) electrons. The van der Waals surface area contributed by atoms with E-state index in [1.165, 1.54) is 88.8 Å². The number of hydrogen-bond acceptors (Lipinski definition) is 15. The van der Waals surface area contributed by atoms with Crippen LogP contribution in [-0.2, 0) is 79.1 Å². The number of aliphatic carboxylic acids is 1. The third-order valence-corrected chi connectivity index (χ3v) is 18.5. The van der Waals surface area contributed by atoms with Crippen molar-refractivity contribution in [1.29, 1.82) is 0 Å². The van der Waals surface area contributed by atoms with Gasteiger partial charge in [-0.05, 0) is 106 Å². The molecule has 25 heteroatoms. The van der Waals surface area contributed by atoms with Gasteiger partial charge in [0.25, 0.3) is 0 Å². The first-order valence-electron chi connectivity index (χ1n) is 36.7. The van der Waals surface area contributed by atoms with Gasteiger partial charge in [-0.3, -0.25) is 52.2 Å². The first-order chi connectivity index (χ1) is 48.3. The maximum Gasteiger partial charge on any atom is 0.472 e. The molecule has 1 heterocycles. The average Bonchev–Trinajstić information content (AvgIpc) is 1.69. The van der Waals surface area contributed by atoms with E-state index in [1.54, 1.807) is 48.9 Å². The van der Waals surface area contributed by atoms with Crippen molar-refractivity contribution in [1.82, 2.24) is 31.6 Å². The highest BCUT2D eigenvalue weighted by Gasteiger charge is 2.33. The van der Waals surface area contributed by atoms with Crippen LogP contribution in [-0.4, -0.2) is 137 Å². The number of hydrogen-bond donors (Lipinski definition) is 9. The minimum atomic E-state index is -4.80. The predicted octanol–water partition coefficient (Wildman–Crippen LogP) is 12.6. The normalized spacial score (nSPS) is 13.6. The fraction of sp³-hybridized carbons (Fsp3) is 0.640. The van der Waals surface area contributed by atoms with Crippen molar-refractivity contribution >= 4 is 83.8 Å². The number of para-hydroxylation sites is 1. The lowest BCUT2D eigenvalue weighted by Gasteiger charge is -2.26. The molecule has 560 valence electrons. The van der Waals surface area contributed by atoms with Crippen LogP contribution in [0.1, 0.15) is 237 Å². The number of phosphoric ester groups is 1. The molecule has 6 amide bonds. The molecule has 0 fully saturated rings. The molecule has 6 atom stereocenters. The van der Waals surface area contributed by atoms with E-state index in [4.69, 9.17) is 24.3 Å². The highest BCUT2D eigenvalue weighted by molar-refractivity contribution is 7.98. The number of thioether (sulfide) groups is 1. The number of carboxylic acids is 1. The third kappa shape index (κ3) is 42.4. The Labute approximate surface area is 598 Å². The van der Waals surface area contributed by atoms with Crippen molar-refractivity contribution in [3.05, 3.63) is 96.2 Å². The second-order valence-electron chi connectivity index (χ2n) is 25.6. The molecule has 3 aromatic rings. The summed E-state index contributed by atoms with van der Waals surface area (Å²) in [5.41, 5.74) is 7.68. The molecule has 0 aliphatic carbocycles. The number of rotatable bonds is 61. The van der Waals surface area contributed by atoms with Crippen LogP contribution in [0.25, 0.3) is 10.9 Å². The number of nitrogens with two attached hydrogens (primary N) is 1. The smallest absolute Gasteiger partial charge is 0.472 e. The Hall–Kier alpha value is -6.85. The number of fused-ring (bicyclic) bond motifs is 1. The van der Waals surface area contributed by atoms with Gasteiger partial charge in [0, 0.05) is 62.2 Å². The Kier molecular flexibility index (Phi) is 47.9. The summed E-state index contributed by atoms with van der Waals surface area (Å²) in [7, 11) is -4.80. The molecular formula is C75H118N7O16PS. The number of phosphoric acid groups is 1. The number of carbonyl (C=O) groups is 9. The van der Waals surface area contributed by atoms with E-state index in [0.717, 1.165) is 88.0 Å². The topological polar surface area (TPSA) is 350 Å². The Morgan fingerprint density at radius 3 is 1.65 bits per heavy atom. The second-order valence-corrected chi connectivity index (χ2v) is 28.0. The molecule has 0 aliphatic rings. The van der Waals surface area contributed by atoms with Crippen LogP contribution in [0.3, 0.4) is 0 Å². The van der Waals surface area contributed by atoms with Crippen molar-refractivity contribution in [3.8, 4) is 0 Å². The third-order valence-electron chi connectivity index (χ3n) is 16.9. The Bertz CT molecular complexity index is 2950. The van der Waals surface area contributed by atoms with Gasteiger partial charge in [0.15, 0.2) is 6.10 Å². The molecule has 1 aromatic heterocycles.